The Morgan fingerprint density at radius 1 is 1.09 bits per heavy atom. The number of phenols is 1. The van der Waals surface area contributed by atoms with Gasteiger partial charge in [0.2, 0.25) is 0 Å². The summed E-state index contributed by atoms with van der Waals surface area (Å²) in [6.07, 6.45) is 11.3. The molecule has 3 fully saturated rings. The Morgan fingerprint density at radius 2 is 1.88 bits per heavy atom. The van der Waals surface area contributed by atoms with Gasteiger partial charge in [0.25, 0.3) is 0 Å². The number of hydrogen-bond acceptors (Lipinski definition) is 5. The minimum Gasteiger partial charge on any atom is -0.508 e. The van der Waals surface area contributed by atoms with Gasteiger partial charge in [0.05, 0.1) is 5.60 Å². The Labute approximate surface area is 204 Å². The molecule has 3 heterocycles. The normalized spacial score (nSPS) is 30.6. The summed E-state index contributed by atoms with van der Waals surface area (Å²) in [5, 5.41) is 23.0. The summed E-state index contributed by atoms with van der Waals surface area (Å²) in [6, 6.07) is 10.0. The summed E-state index contributed by atoms with van der Waals surface area (Å²) in [6.45, 7) is 9.49. The van der Waals surface area contributed by atoms with Crippen LogP contribution in [0.2, 0.25) is 0 Å². The molecule has 1 aromatic heterocycles. The Kier molecular flexibility index (Phi) is 6.71. The summed E-state index contributed by atoms with van der Waals surface area (Å²) in [4.78, 5) is 9.37. The topological polar surface area (TPSA) is 59.8 Å². The molecule has 3 unspecified atom stereocenters. The van der Waals surface area contributed by atoms with Crippen molar-refractivity contribution in [3.05, 3.63) is 59.4 Å². The number of rotatable bonds is 7. The molecule has 34 heavy (non-hydrogen) atoms. The number of phenolic OH excluding ortho intramolecular Hbond substituents is 1. The highest BCUT2D eigenvalue weighted by Gasteiger charge is 2.59. The summed E-state index contributed by atoms with van der Waals surface area (Å²) in [5.41, 5.74) is 2.50. The molecule has 1 aromatic carbocycles. The Morgan fingerprint density at radius 3 is 2.65 bits per heavy atom. The van der Waals surface area contributed by atoms with E-state index >= 15 is 0 Å². The van der Waals surface area contributed by atoms with Gasteiger partial charge in [0, 0.05) is 36.9 Å². The minimum atomic E-state index is -0.809. The van der Waals surface area contributed by atoms with Crippen LogP contribution in [-0.2, 0) is 11.8 Å². The zero-order valence-corrected chi connectivity index (χ0v) is 20.9. The van der Waals surface area contributed by atoms with Crippen LogP contribution in [0.25, 0.3) is 0 Å². The SMILES string of the molecule is Cc1ccc(O)cc1C12CCN(CCCc3cccnc3)CCC1(O)C(C)N(CC1CC1)CC2. The summed E-state index contributed by atoms with van der Waals surface area (Å²) < 4.78 is 0. The molecule has 5 heteroatoms. The van der Waals surface area contributed by atoms with E-state index in [-0.39, 0.29) is 11.5 Å². The minimum absolute atomic E-state index is 0.110. The first-order valence-corrected chi connectivity index (χ1v) is 13.3. The largest absolute Gasteiger partial charge is 0.508 e. The highest BCUT2D eigenvalue weighted by atomic mass is 16.3. The van der Waals surface area contributed by atoms with Crippen molar-refractivity contribution in [1.82, 2.24) is 14.8 Å². The lowest BCUT2D eigenvalue weighted by Gasteiger charge is -2.58. The lowest BCUT2D eigenvalue weighted by atomic mass is 9.57. The molecule has 0 amide bonds. The molecular formula is C29H41N3O2. The van der Waals surface area contributed by atoms with Gasteiger partial charge in [-0.3, -0.25) is 9.88 Å². The van der Waals surface area contributed by atoms with Gasteiger partial charge >= 0.3 is 0 Å². The molecule has 1 aliphatic carbocycles. The van der Waals surface area contributed by atoms with Gasteiger partial charge in [-0.15, -0.1) is 0 Å². The van der Waals surface area contributed by atoms with Crippen molar-refractivity contribution in [2.45, 2.75) is 75.9 Å². The van der Waals surface area contributed by atoms with Gasteiger partial charge in [-0.05, 0) is 119 Å². The predicted molar refractivity (Wildman–Crippen MR) is 136 cm³/mol. The zero-order valence-electron chi connectivity index (χ0n) is 20.9. The molecule has 1 saturated carbocycles. The smallest absolute Gasteiger partial charge is 0.115 e. The van der Waals surface area contributed by atoms with Gasteiger partial charge in [-0.1, -0.05) is 12.1 Å². The number of aromatic hydroxyl groups is 1. The molecule has 2 aromatic rings. The molecule has 3 aliphatic rings. The van der Waals surface area contributed by atoms with Gasteiger partial charge in [-0.2, -0.15) is 0 Å². The van der Waals surface area contributed by atoms with Crippen LogP contribution in [0.3, 0.4) is 0 Å². The van der Waals surface area contributed by atoms with Gasteiger partial charge in [0.1, 0.15) is 5.75 Å². The van der Waals surface area contributed by atoms with Crippen LogP contribution in [0.15, 0.2) is 42.7 Å². The molecular weight excluding hydrogens is 422 g/mol. The van der Waals surface area contributed by atoms with Crippen molar-refractivity contribution in [2.75, 3.05) is 32.7 Å². The summed E-state index contributed by atoms with van der Waals surface area (Å²) >= 11 is 0. The van der Waals surface area contributed by atoms with Crippen LogP contribution in [-0.4, -0.2) is 69.4 Å². The lowest BCUT2D eigenvalue weighted by Crippen LogP contribution is -2.68. The van der Waals surface area contributed by atoms with E-state index in [2.05, 4.69) is 34.7 Å². The first-order valence-electron chi connectivity index (χ1n) is 13.3. The van der Waals surface area contributed by atoms with E-state index in [9.17, 15) is 10.2 Å². The van der Waals surface area contributed by atoms with Gasteiger partial charge < -0.3 is 15.1 Å². The van der Waals surface area contributed by atoms with Crippen LogP contribution in [0.4, 0.5) is 0 Å². The number of aryl methyl sites for hydroxylation is 2. The lowest BCUT2D eigenvalue weighted by molar-refractivity contribution is -0.136. The Balaban J connectivity index is 1.39. The maximum atomic E-state index is 12.6. The average Bonchev–Trinajstić information content (AvgIpc) is 3.67. The van der Waals surface area contributed by atoms with Crippen LogP contribution in [0.1, 0.15) is 62.1 Å². The first kappa shape index (κ1) is 23.8. The standard InChI is InChI=1S/C29H41N3O2/c1-22-7-10-26(33)19-27(22)28-11-16-31(15-4-6-24-5-3-14-30-20-24)17-13-29(28,34)23(2)32(18-12-28)21-25-8-9-25/h3,5,7,10,14,19-20,23,25,33-34H,4,6,8-9,11-13,15-18,21H2,1-2H3. The third-order valence-corrected chi connectivity index (χ3v) is 9.15. The molecule has 184 valence electrons. The van der Waals surface area contributed by atoms with E-state index in [4.69, 9.17) is 0 Å². The fraction of sp³-hybridized carbons (Fsp3) is 0.621. The second kappa shape index (κ2) is 9.60. The van der Waals surface area contributed by atoms with E-state index in [1.165, 1.54) is 24.0 Å². The van der Waals surface area contributed by atoms with Crippen molar-refractivity contribution < 1.29 is 10.2 Å². The maximum absolute atomic E-state index is 12.6. The number of benzene rings is 1. The van der Waals surface area contributed by atoms with Crippen molar-refractivity contribution >= 4 is 0 Å². The second-order valence-corrected chi connectivity index (χ2v) is 11.2. The van der Waals surface area contributed by atoms with Crippen molar-refractivity contribution in [3.63, 3.8) is 0 Å². The molecule has 3 atom stereocenters. The van der Waals surface area contributed by atoms with Crippen molar-refractivity contribution in [3.8, 4) is 5.75 Å². The van der Waals surface area contributed by atoms with Crippen molar-refractivity contribution in [2.24, 2.45) is 5.92 Å². The van der Waals surface area contributed by atoms with E-state index in [1.54, 1.807) is 6.07 Å². The molecule has 0 spiro atoms. The fourth-order valence-corrected chi connectivity index (χ4v) is 6.81. The summed E-state index contributed by atoms with van der Waals surface area (Å²) in [7, 11) is 0. The number of likely N-dealkylation sites (tertiary alicyclic amines) is 2. The van der Waals surface area contributed by atoms with Gasteiger partial charge in [0.15, 0.2) is 0 Å². The molecule has 5 rings (SSSR count). The number of aromatic nitrogens is 1. The van der Waals surface area contributed by atoms with Crippen LogP contribution < -0.4 is 0 Å². The molecule has 2 aliphatic heterocycles. The average molecular weight is 464 g/mol. The third-order valence-electron chi connectivity index (χ3n) is 9.15. The Hall–Kier alpha value is -1.95. The van der Waals surface area contributed by atoms with Gasteiger partial charge in [-0.25, -0.2) is 0 Å². The predicted octanol–water partition coefficient (Wildman–Crippen LogP) is 4.30. The molecule has 0 bridgehead atoms. The molecule has 2 saturated heterocycles. The zero-order chi connectivity index (χ0) is 23.8. The summed E-state index contributed by atoms with van der Waals surface area (Å²) in [5.74, 6) is 1.12. The molecule has 2 N–H and O–H groups in total. The number of fused-ring (bicyclic) bond motifs is 1. The third kappa shape index (κ3) is 4.50. The monoisotopic (exact) mass is 463 g/mol. The van der Waals surface area contributed by atoms with Crippen molar-refractivity contribution in [1.29, 1.82) is 0 Å². The number of nitrogens with zero attached hydrogens (tertiary/aromatic N) is 3. The van der Waals surface area contributed by atoms with E-state index in [1.807, 2.05) is 30.6 Å². The molecule has 5 nitrogen and oxygen atoms in total. The molecule has 0 radical (unpaired) electrons. The highest BCUT2D eigenvalue weighted by Crippen LogP contribution is 2.53. The van der Waals surface area contributed by atoms with E-state index < -0.39 is 5.60 Å². The van der Waals surface area contributed by atoms with Crippen LogP contribution >= 0.6 is 0 Å². The van der Waals surface area contributed by atoms with E-state index in [0.29, 0.717) is 5.75 Å². The maximum Gasteiger partial charge on any atom is 0.115 e. The first-order chi connectivity index (χ1) is 16.4. The second-order valence-electron chi connectivity index (χ2n) is 11.2. The number of aliphatic hydroxyl groups is 1. The number of pyridine rings is 1. The Bertz CT molecular complexity index is 979. The van der Waals surface area contributed by atoms with Crippen LogP contribution in [0, 0.1) is 12.8 Å². The van der Waals surface area contributed by atoms with E-state index in [0.717, 1.165) is 76.3 Å². The number of piperidine rings is 1. The number of hydrogen-bond donors (Lipinski definition) is 2. The highest BCUT2D eigenvalue weighted by molar-refractivity contribution is 5.43. The van der Waals surface area contributed by atoms with Crippen LogP contribution in [0.5, 0.6) is 5.75 Å². The quantitative estimate of drug-likeness (QED) is 0.641. The fourth-order valence-electron chi connectivity index (χ4n) is 6.81.